The molecule has 2 aromatic rings. The van der Waals surface area contributed by atoms with Crippen LogP contribution in [0.25, 0.3) is 0 Å². The number of sulfonamides is 1. The average molecular weight is 493 g/mol. The van der Waals surface area contributed by atoms with E-state index in [9.17, 15) is 23.4 Å². The maximum Gasteiger partial charge on any atom is 0.232 e. The summed E-state index contributed by atoms with van der Waals surface area (Å²) >= 11 is 0. The van der Waals surface area contributed by atoms with E-state index in [1.807, 2.05) is 29.2 Å². The number of anilines is 3. The van der Waals surface area contributed by atoms with Gasteiger partial charge in [-0.2, -0.15) is 0 Å². The van der Waals surface area contributed by atoms with Gasteiger partial charge in [0.1, 0.15) is 5.75 Å². The van der Waals surface area contributed by atoms with Crippen LogP contribution in [-0.2, 0) is 14.8 Å². The van der Waals surface area contributed by atoms with Gasteiger partial charge in [0.05, 0.1) is 37.8 Å². The van der Waals surface area contributed by atoms with Gasteiger partial charge >= 0.3 is 0 Å². The van der Waals surface area contributed by atoms with Gasteiger partial charge in [-0.05, 0) is 36.4 Å². The zero-order valence-corrected chi connectivity index (χ0v) is 20.5. The van der Waals surface area contributed by atoms with Crippen molar-refractivity contribution in [1.82, 2.24) is 4.90 Å². The van der Waals surface area contributed by atoms with Gasteiger partial charge in [0.25, 0.3) is 0 Å². The minimum absolute atomic E-state index is 0.108. The lowest BCUT2D eigenvalue weighted by atomic mass is 10.2. The number of aliphatic hydroxyl groups is 2. The average Bonchev–Trinajstić information content (AvgIpc) is 2.77. The number of methoxy groups -OCH3 is 1. The molecule has 0 aromatic heterocycles. The molecule has 3 rings (SSSR count). The Labute approximate surface area is 200 Å². The zero-order valence-electron chi connectivity index (χ0n) is 19.6. The summed E-state index contributed by atoms with van der Waals surface area (Å²) in [5, 5.41) is 24.0. The number of rotatable bonds is 9. The van der Waals surface area contributed by atoms with Crippen LogP contribution in [0.3, 0.4) is 0 Å². The minimum Gasteiger partial charge on any atom is -0.495 e. The maximum absolute atomic E-state index is 12.4. The molecule has 1 amide bonds. The summed E-state index contributed by atoms with van der Waals surface area (Å²) in [5.74, 6) is -1.74. The third-order valence-corrected chi connectivity index (χ3v) is 6.69. The number of piperazine rings is 1. The summed E-state index contributed by atoms with van der Waals surface area (Å²) in [5.41, 5.74) is 1.76. The molecule has 0 atom stereocenters. The van der Waals surface area contributed by atoms with E-state index in [0.29, 0.717) is 31.9 Å². The Hall–Kier alpha value is -2.86. The fourth-order valence-corrected chi connectivity index (χ4v) is 4.94. The molecule has 186 valence electrons. The molecule has 1 heterocycles. The Balaban J connectivity index is 1.65. The topological polar surface area (TPSA) is 123 Å². The van der Waals surface area contributed by atoms with Crippen LogP contribution in [0.15, 0.2) is 48.5 Å². The third kappa shape index (κ3) is 6.83. The second-order valence-corrected chi connectivity index (χ2v) is 10.3. The van der Waals surface area contributed by atoms with Gasteiger partial charge in [-0.25, -0.2) is 8.42 Å². The van der Waals surface area contributed by atoms with Crippen LogP contribution in [0.4, 0.5) is 17.1 Å². The fraction of sp³-hybridized carbons (Fsp3) is 0.435. The number of nitrogens with zero attached hydrogens (tertiary/aromatic N) is 3. The Kier molecular flexibility index (Phi) is 8.03. The van der Waals surface area contributed by atoms with Crippen molar-refractivity contribution < 1.29 is 28.2 Å². The molecular formula is C23H32N4O6S. The van der Waals surface area contributed by atoms with Crippen molar-refractivity contribution in [2.75, 3.05) is 67.2 Å². The molecule has 1 saturated heterocycles. The van der Waals surface area contributed by atoms with Crippen LogP contribution >= 0.6 is 0 Å². The minimum atomic E-state index is -3.80. The quantitative estimate of drug-likeness (QED) is 0.442. The van der Waals surface area contributed by atoms with Crippen molar-refractivity contribution in [2.45, 2.75) is 12.7 Å². The summed E-state index contributed by atoms with van der Waals surface area (Å²) in [6.07, 6.45) is 1.01. The van der Waals surface area contributed by atoms with E-state index < -0.39 is 22.4 Å². The first-order chi connectivity index (χ1) is 16.0. The second kappa shape index (κ2) is 10.6. The van der Waals surface area contributed by atoms with Crippen molar-refractivity contribution in [3.63, 3.8) is 0 Å². The van der Waals surface area contributed by atoms with Crippen LogP contribution in [0.2, 0.25) is 0 Å². The van der Waals surface area contributed by atoms with Gasteiger partial charge in [-0.15, -0.1) is 0 Å². The normalized spacial score (nSPS) is 15.1. The maximum atomic E-state index is 12.4. The van der Waals surface area contributed by atoms with E-state index >= 15 is 0 Å². The van der Waals surface area contributed by atoms with Crippen LogP contribution < -0.4 is 19.3 Å². The number of nitrogens with one attached hydrogen (secondary N) is 1. The molecule has 0 radical (unpaired) electrons. The SMILES string of the molecule is COc1ccccc1N1CCN(CC(O)(O)CN(c2ccc(NC(C)=O)cc2)S(C)(=O)=O)CC1. The summed E-state index contributed by atoms with van der Waals surface area (Å²) in [4.78, 5) is 15.3. The standard InChI is InChI=1S/C23H32N4O6S/c1-18(28)24-19-8-10-20(11-9-19)27(34(3,31)32)17-23(29,30)16-25-12-14-26(15-13-25)21-6-4-5-7-22(21)33-2/h4-11,29-30H,12-17H2,1-3H3,(H,24,28). The number of carbonyl (C=O) groups is 1. The third-order valence-electron chi connectivity index (χ3n) is 5.55. The van der Waals surface area contributed by atoms with E-state index in [2.05, 4.69) is 10.2 Å². The number of ether oxygens (including phenoxy) is 1. The molecule has 11 heteroatoms. The van der Waals surface area contributed by atoms with Crippen LogP contribution in [0.5, 0.6) is 5.75 Å². The second-order valence-electron chi connectivity index (χ2n) is 8.42. The molecule has 1 aliphatic heterocycles. The molecule has 1 fully saturated rings. The Bertz CT molecular complexity index is 1080. The molecule has 0 saturated carbocycles. The van der Waals surface area contributed by atoms with Crippen molar-refractivity contribution >= 4 is 33.0 Å². The first-order valence-electron chi connectivity index (χ1n) is 10.9. The summed E-state index contributed by atoms with van der Waals surface area (Å²) in [6, 6.07) is 13.9. The van der Waals surface area contributed by atoms with E-state index in [1.165, 1.54) is 19.1 Å². The van der Waals surface area contributed by atoms with Crippen molar-refractivity contribution in [3.8, 4) is 5.75 Å². The highest BCUT2D eigenvalue weighted by molar-refractivity contribution is 7.92. The van der Waals surface area contributed by atoms with E-state index in [4.69, 9.17) is 4.74 Å². The van der Waals surface area contributed by atoms with Gasteiger partial charge in [0.2, 0.25) is 15.9 Å². The Morgan fingerprint density at radius 1 is 1.09 bits per heavy atom. The van der Waals surface area contributed by atoms with Gasteiger partial charge in [0, 0.05) is 38.8 Å². The fourth-order valence-electron chi connectivity index (χ4n) is 3.99. The number of hydrogen-bond acceptors (Lipinski definition) is 8. The molecule has 0 unspecified atom stereocenters. The number of β-amino-alcohol motifs (C(OH)–C–C–N with tert-alkyl or cyclic N) is 2. The number of amides is 1. The molecule has 0 bridgehead atoms. The van der Waals surface area contributed by atoms with Gasteiger partial charge in [-0.1, -0.05) is 12.1 Å². The smallest absolute Gasteiger partial charge is 0.232 e. The van der Waals surface area contributed by atoms with Gasteiger partial charge in [-0.3, -0.25) is 14.0 Å². The first kappa shape index (κ1) is 25.8. The largest absolute Gasteiger partial charge is 0.495 e. The predicted molar refractivity (Wildman–Crippen MR) is 132 cm³/mol. The van der Waals surface area contributed by atoms with Gasteiger partial charge in [0.15, 0.2) is 5.79 Å². The highest BCUT2D eigenvalue weighted by atomic mass is 32.2. The molecule has 0 spiro atoms. The first-order valence-corrected chi connectivity index (χ1v) is 12.7. The monoisotopic (exact) mass is 492 g/mol. The molecule has 10 nitrogen and oxygen atoms in total. The molecule has 34 heavy (non-hydrogen) atoms. The van der Waals surface area contributed by atoms with E-state index in [1.54, 1.807) is 19.2 Å². The van der Waals surface area contributed by atoms with Crippen molar-refractivity contribution in [1.29, 1.82) is 0 Å². The van der Waals surface area contributed by atoms with Crippen LogP contribution in [0.1, 0.15) is 6.92 Å². The summed E-state index contributed by atoms with van der Waals surface area (Å²) < 4.78 is 31.2. The molecule has 2 aromatic carbocycles. The Morgan fingerprint density at radius 3 is 2.26 bits per heavy atom. The summed E-state index contributed by atoms with van der Waals surface area (Å²) in [6.45, 7) is 3.21. The highest BCUT2D eigenvalue weighted by Crippen LogP contribution is 2.29. The highest BCUT2D eigenvalue weighted by Gasteiger charge is 2.34. The number of para-hydroxylation sites is 2. The van der Waals surface area contributed by atoms with E-state index in [-0.39, 0.29) is 18.1 Å². The number of hydrogen-bond donors (Lipinski definition) is 3. The molecule has 1 aliphatic rings. The van der Waals surface area contributed by atoms with Crippen molar-refractivity contribution in [2.24, 2.45) is 0 Å². The van der Waals surface area contributed by atoms with Crippen LogP contribution in [0, 0.1) is 0 Å². The van der Waals surface area contributed by atoms with E-state index in [0.717, 1.165) is 22.0 Å². The summed E-state index contributed by atoms with van der Waals surface area (Å²) in [7, 11) is -2.17. The zero-order chi connectivity index (χ0) is 24.9. The Morgan fingerprint density at radius 2 is 1.71 bits per heavy atom. The molecule has 0 aliphatic carbocycles. The number of carbonyl (C=O) groups excluding carboxylic acids is 1. The van der Waals surface area contributed by atoms with Gasteiger partial charge < -0.3 is 25.2 Å². The lowest BCUT2D eigenvalue weighted by molar-refractivity contribution is -0.164. The number of benzene rings is 2. The molecule has 3 N–H and O–H groups in total. The predicted octanol–water partition coefficient (Wildman–Crippen LogP) is 0.923. The van der Waals surface area contributed by atoms with Crippen LogP contribution in [-0.4, -0.2) is 87.9 Å². The molecular weight excluding hydrogens is 460 g/mol. The lowest BCUT2D eigenvalue weighted by Crippen LogP contribution is -2.56. The van der Waals surface area contributed by atoms with Crippen molar-refractivity contribution in [3.05, 3.63) is 48.5 Å². The lowest BCUT2D eigenvalue weighted by Gasteiger charge is -2.40.